The Morgan fingerprint density at radius 2 is 1.53 bits per heavy atom. The Bertz CT molecular complexity index is 1460. The molecule has 2 heterocycles. The number of fused-ring (bicyclic) bond motifs is 2. The second-order valence-electron chi connectivity index (χ2n) is 6.86. The van der Waals surface area contributed by atoms with Gasteiger partial charge < -0.3 is 0 Å². The molecule has 1 atom stereocenters. The van der Waals surface area contributed by atoms with Crippen molar-refractivity contribution >= 4 is 32.5 Å². The Morgan fingerprint density at radius 1 is 0.800 bits per heavy atom. The maximum atomic E-state index is 13.5. The first-order valence-corrected chi connectivity index (χ1v) is 10.8. The molecule has 0 saturated heterocycles. The van der Waals surface area contributed by atoms with Crippen LogP contribution >= 0.6 is 0 Å². The van der Waals surface area contributed by atoms with Crippen molar-refractivity contribution in [1.29, 1.82) is 0 Å². The summed E-state index contributed by atoms with van der Waals surface area (Å²) >= 11 is 0. The zero-order valence-corrected chi connectivity index (χ0v) is 16.8. The Labute approximate surface area is 175 Å². The van der Waals surface area contributed by atoms with E-state index in [-0.39, 0.29) is 16.5 Å². The maximum absolute atomic E-state index is 13.5. The number of aromatic nitrogens is 3. The minimum atomic E-state index is -1.57. The number of rotatable bonds is 4. The molecule has 2 aromatic heterocycles. The Morgan fingerprint density at radius 3 is 2.37 bits per heavy atom. The lowest BCUT2D eigenvalue weighted by atomic mass is 10.1. The van der Waals surface area contributed by atoms with E-state index in [2.05, 4.69) is 9.97 Å². The lowest BCUT2D eigenvalue weighted by Crippen LogP contribution is -2.25. The van der Waals surface area contributed by atoms with Crippen molar-refractivity contribution in [1.82, 2.24) is 14.5 Å². The van der Waals surface area contributed by atoms with Gasteiger partial charge in [-0.1, -0.05) is 54.6 Å². The van der Waals surface area contributed by atoms with Gasteiger partial charge >= 0.3 is 0 Å². The van der Waals surface area contributed by atoms with Gasteiger partial charge in [-0.2, -0.15) is 0 Å². The van der Waals surface area contributed by atoms with Gasteiger partial charge in [0.05, 0.1) is 38.8 Å². The molecule has 0 N–H and O–H groups in total. The van der Waals surface area contributed by atoms with Crippen molar-refractivity contribution in [3.05, 3.63) is 107 Å². The van der Waals surface area contributed by atoms with E-state index in [0.717, 1.165) is 10.8 Å². The fraction of sp³-hybridized carbons (Fsp3) is 0.0417. The van der Waals surface area contributed by atoms with Crippen LogP contribution in [0.4, 0.5) is 0 Å². The zero-order valence-electron chi connectivity index (χ0n) is 15.9. The number of benzene rings is 3. The van der Waals surface area contributed by atoms with Crippen molar-refractivity contribution < 1.29 is 4.21 Å². The molecule has 0 saturated carbocycles. The number of para-hydroxylation sites is 1. The molecule has 0 aliphatic carbocycles. The van der Waals surface area contributed by atoms with Crippen LogP contribution in [0.1, 0.15) is 5.69 Å². The maximum Gasteiger partial charge on any atom is 0.266 e. The summed E-state index contributed by atoms with van der Waals surface area (Å²) in [5.74, 6) is 0.177. The van der Waals surface area contributed by atoms with Crippen LogP contribution < -0.4 is 5.56 Å². The normalized spacial score (nSPS) is 12.3. The summed E-state index contributed by atoms with van der Waals surface area (Å²) in [5.41, 5.74) is 1.65. The highest BCUT2D eigenvalue weighted by Gasteiger charge is 2.19. The highest BCUT2D eigenvalue weighted by molar-refractivity contribution is 7.84. The second-order valence-corrected chi connectivity index (χ2v) is 8.21. The van der Waals surface area contributed by atoms with Crippen LogP contribution in [0.3, 0.4) is 0 Å². The molecule has 0 aliphatic heterocycles. The van der Waals surface area contributed by atoms with Crippen molar-refractivity contribution in [2.45, 2.75) is 10.9 Å². The summed E-state index contributed by atoms with van der Waals surface area (Å²) in [5, 5.41) is 2.61. The Hall–Kier alpha value is -3.64. The molecule has 3 aromatic carbocycles. The first kappa shape index (κ1) is 18.4. The van der Waals surface area contributed by atoms with E-state index in [1.165, 1.54) is 4.57 Å². The molecular weight excluding hydrogens is 394 g/mol. The Balaban J connectivity index is 1.80. The van der Waals surface area contributed by atoms with Crippen molar-refractivity contribution in [2.75, 3.05) is 0 Å². The lowest BCUT2D eigenvalue weighted by Gasteiger charge is -2.15. The molecule has 0 radical (unpaired) electrons. The first-order chi connectivity index (χ1) is 14.7. The van der Waals surface area contributed by atoms with Crippen LogP contribution in [0.15, 0.2) is 101 Å². The number of pyridine rings is 1. The van der Waals surface area contributed by atoms with Gasteiger partial charge in [-0.25, -0.2) is 4.98 Å². The van der Waals surface area contributed by atoms with Gasteiger partial charge in [0.1, 0.15) is 0 Å². The molecule has 5 rings (SSSR count). The molecule has 5 aromatic rings. The molecule has 5 nitrogen and oxygen atoms in total. The van der Waals surface area contributed by atoms with Gasteiger partial charge in [0.25, 0.3) is 5.56 Å². The summed E-state index contributed by atoms with van der Waals surface area (Å²) in [6.45, 7) is 0. The molecule has 6 heteroatoms. The molecule has 0 amide bonds. The minimum absolute atomic E-state index is 0.177. The molecule has 1 unspecified atom stereocenters. The minimum Gasteiger partial charge on any atom is -0.268 e. The summed E-state index contributed by atoms with van der Waals surface area (Å²) in [4.78, 5) is 22.4. The third-order valence-electron chi connectivity index (χ3n) is 4.96. The largest absolute Gasteiger partial charge is 0.268 e. The van der Waals surface area contributed by atoms with E-state index in [1.54, 1.807) is 18.3 Å². The van der Waals surface area contributed by atoms with Gasteiger partial charge in [0, 0.05) is 11.6 Å². The third-order valence-corrected chi connectivity index (χ3v) is 6.20. The number of hydrogen-bond donors (Lipinski definition) is 0. The Kier molecular flexibility index (Phi) is 4.69. The second kappa shape index (κ2) is 7.65. The van der Waals surface area contributed by atoms with Gasteiger partial charge in [-0.05, 0) is 35.7 Å². The monoisotopic (exact) mass is 411 g/mol. The fourth-order valence-electron chi connectivity index (χ4n) is 3.56. The van der Waals surface area contributed by atoms with Crippen LogP contribution in [-0.4, -0.2) is 18.7 Å². The predicted octanol–water partition coefficient (Wildman–Crippen LogP) is 4.24. The molecule has 0 fully saturated rings. The van der Waals surface area contributed by atoms with Gasteiger partial charge in [0.15, 0.2) is 0 Å². The smallest absolute Gasteiger partial charge is 0.266 e. The molecular formula is C24H17N3O2S. The summed E-state index contributed by atoms with van der Waals surface area (Å²) in [7, 11) is -1.57. The summed E-state index contributed by atoms with van der Waals surface area (Å²) in [6.07, 6.45) is 1.66. The molecule has 30 heavy (non-hydrogen) atoms. The number of nitrogens with zero attached hydrogens (tertiary/aromatic N) is 3. The molecule has 0 aliphatic rings. The van der Waals surface area contributed by atoms with Crippen molar-refractivity contribution in [3.8, 4) is 5.69 Å². The van der Waals surface area contributed by atoms with Gasteiger partial charge in [-0.3, -0.25) is 18.6 Å². The van der Waals surface area contributed by atoms with Crippen LogP contribution in [0.2, 0.25) is 0 Å². The topological polar surface area (TPSA) is 64.8 Å². The van der Waals surface area contributed by atoms with Crippen LogP contribution in [0.5, 0.6) is 0 Å². The summed E-state index contributed by atoms with van der Waals surface area (Å²) < 4.78 is 14.9. The standard InChI is InChI=1S/C24H17N3O2S/c28-23-20-12-3-4-13-21(20)26-24(30(29)16-18-10-5-6-15-25-18)27(23)22-14-7-9-17-8-1-2-11-19(17)22/h1-15H,16H2. The van der Waals surface area contributed by atoms with E-state index < -0.39 is 10.8 Å². The van der Waals surface area contributed by atoms with Crippen LogP contribution in [0, 0.1) is 0 Å². The summed E-state index contributed by atoms with van der Waals surface area (Å²) in [6, 6.07) is 26.2. The SMILES string of the molecule is O=c1c2ccccc2nc(S(=O)Cc2ccccn2)n1-c1cccc2ccccc12. The van der Waals surface area contributed by atoms with Crippen molar-refractivity contribution in [2.24, 2.45) is 0 Å². The first-order valence-electron chi connectivity index (χ1n) is 9.50. The molecule has 0 spiro atoms. The van der Waals surface area contributed by atoms with Crippen LogP contribution in [-0.2, 0) is 16.6 Å². The fourth-order valence-corrected chi connectivity index (χ4v) is 4.72. The average Bonchev–Trinajstić information content (AvgIpc) is 2.79. The zero-order chi connectivity index (χ0) is 20.5. The highest BCUT2D eigenvalue weighted by atomic mass is 32.2. The van der Waals surface area contributed by atoms with Crippen LogP contribution in [0.25, 0.3) is 27.4 Å². The molecule has 0 bridgehead atoms. The third kappa shape index (κ3) is 3.21. The van der Waals surface area contributed by atoms with E-state index in [9.17, 15) is 9.00 Å². The van der Waals surface area contributed by atoms with Gasteiger partial charge in [0.2, 0.25) is 5.16 Å². The van der Waals surface area contributed by atoms with E-state index in [0.29, 0.717) is 22.3 Å². The quantitative estimate of drug-likeness (QED) is 0.415. The van der Waals surface area contributed by atoms with E-state index in [1.807, 2.05) is 72.8 Å². The molecule has 146 valence electrons. The number of hydrogen-bond acceptors (Lipinski definition) is 4. The van der Waals surface area contributed by atoms with Gasteiger partial charge in [-0.15, -0.1) is 0 Å². The van der Waals surface area contributed by atoms with E-state index >= 15 is 0 Å². The lowest BCUT2D eigenvalue weighted by molar-refractivity contribution is 0.667. The predicted molar refractivity (Wildman–Crippen MR) is 119 cm³/mol. The average molecular weight is 411 g/mol. The van der Waals surface area contributed by atoms with Crippen molar-refractivity contribution in [3.63, 3.8) is 0 Å². The van der Waals surface area contributed by atoms with E-state index in [4.69, 9.17) is 0 Å². The highest BCUT2D eigenvalue weighted by Crippen LogP contribution is 2.24.